The summed E-state index contributed by atoms with van der Waals surface area (Å²) < 4.78 is 8.00. The zero-order valence-corrected chi connectivity index (χ0v) is 15.5. The Kier molecular flexibility index (Phi) is 4.52. The van der Waals surface area contributed by atoms with Crippen LogP contribution in [0.25, 0.3) is 10.9 Å². The maximum Gasteiger partial charge on any atom is 0.169 e. The first-order chi connectivity index (χ1) is 9.85. The first-order valence-corrected chi connectivity index (χ1v) is 10.2. The van der Waals surface area contributed by atoms with E-state index in [1.54, 1.807) is 7.11 Å². The Balaban J connectivity index is 2.71. The van der Waals surface area contributed by atoms with E-state index in [9.17, 15) is 0 Å². The monoisotopic (exact) mass is 303 g/mol. The van der Waals surface area contributed by atoms with Gasteiger partial charge < -0.3 is 8.97 Å². The van der Waals surface area contributed by atoms with Gasteiger partial charge in [0.15, 0.2) is 8.24 Å². The summed E-state index contributed by atoms with van der Waals surface area (Å²) in [7, 11) is 0.0621. The predicted octanol–water partition coefficient (Wildman–Crippen LogP) is 5.67. The first-order valence-electron chi connectivity index (χ1n) is 8.01. The van der Waals surface area contributed by atoms with Crippen molar-refractivity contribution in [1.82, 2.24) is 4.23 Å². The minimum absolute atomic E-state index is 0.704. The van der Waals surface area contributed by atoms with Gasteiger partial charge in [-0.05, 0) is 47.1 Å². The molecule has 1 aromatic carbocycles. The number of rotatable bonds is 5. The topological polar surface area (TPSA) is 14.2 Å². The smallest absolute Gasteiger partial charge is 0.169 e. The molecule has 2 rings (SSSR count). The average molecular weight is 304 g/mol. The number of hydrogen-bond donors (Lipinski definition) is 0. The van der Waals surface area contributed by atoms with E-state index in [-0.39, 0.29) is 0 Å². The molecule has 2 aromatic rings. The second kappa shape index (κ2) is 5.88. The van der Waals surface area contributed by atoms with Gasteiger partial charge in [-0.15, -0.1) is 0 Å². The standard InChI is InChI=1S/C18H29NOSi/c1-13(2)21(14(3)4,15(5)6)19-11-10-16-12-17(20-7)8-9-18(16)19/h8-15H,1-7H3. The molecule has 0 fully saturated rings. The molecule has 2 nitrogen and oxygen atoms in total. The minimum atomic E-state index is -1.67. The summed E-state index contributed by atoms with van der Waals surface area (Å²) in [6.07, 6.45) is 2.32. The minimum Gasteiger partial charge on any atom is -0.497 e. The van der Waals surface area contributed by atoms with Crippen molar-refractivity contribution in [3.8, 4) is 5.75 Å². The van der Waals surface area contributed by atoms with E-state index in [1.807, 2.05) is 0 Å². The van der Waals surface area contributed by atoms with Crippen LogP contribution >= 0.6 is 0 Å². The van der Waals surface area contributed by atoms with Crippen LogP contribution in [0.3, 0.4) is 0 Å². The molecule has 0 amide bonds. The molecule has 0 atom stereocenters. The lowest BCUT2D eigenvalue weighted by atomic mass is 10.2. The maximum atomic E-state index is 5.36. The van der Waals surface area contributed by atoms with E-state index < -0.39 is 8.24 Å². The molecule has 0 aliphatic rings. The van der Waals surface area contributed by atoms with Crippen molar-refractivity contribution in [1.29, 1.82) is 0 Å². The fourth-order valence-electron chi connectivity index (χ4n) is 4.42. The third-order valence-corrected chi connectivity index (χ3v) is 11.9. The second-order valence-corrected chi connectivity index (χ2v) is 12.7. The number of aromatic nitrogens is 1. The fourth-order valence-corrected chi connectivity index (χ4v) is 11.0. The van der Waals surface area contributed by atoms with E-state index in [0.717, 1.165) is 5.75 Å². The lowest BCUT2D eigenvalue weighted by Gasteiger charge is -2.44. The van der Waals surface area contributed by atoms with Gasteiger partial charge in [0, 0.05) is 10.9 Å². The molecule has 0 N–H and O–H groups in total. The summed E-state index contributed by atoms with van der Waals surface area (Å²) in [6, 6.07) is 8.70. The largest absolute Gasteiger partial charge is 0.497 e. The van der Waals surface area contributed by atoms with Gasteiger partial charge >= 0.3 is 0 Å². The van der Waals surface area contributed by atoms with Gasteiger partial charge in [0.2, 0.25) is 0 Å². The SMILES string of the molecule is COc1ccc2c(ccn2[Si](C(C)C)(C(C)C)C(C)C)c1. The summed E-state index contributed by atoms with van der Waals surface area (Å²) in [4.78, 5) is 0. The zero-order valence-electron chi connectivity index (χ0n) is 14.5. The highest BCUT2D eigenvalue weighted by atomic mass is 28.3. The van der Waals surface area contributed by atoms with Crippen LogP contribution in [0.2, 0.25) is 16.6 Å². The van der Waals surface area contributed by atoms with Gasteiger partial charge in [-0.3, -0.25) is 0 Å². The summed E-state index contributed by atoms with van der Waals surface area (Å²) in [5.74, 6) is 0.936. The number of ether oxygens (including phenoxy) is 1. The molecule has 0 saturated carbocycles. The molecular weight excluding hydrogens is 274 g/mol. The Bertz CT molecular complexity index is 591. The third kappa shape index (κ3) is 2.42. The normalized spacial score (nSPS) is 12.9. The van der Waals surface area contributed by atoms with Gasteiger partial charge in [0.1, 0.15) is 5.75 Å². The van der Waals surface area contributed by atoms with Gasteiger partial charge in [-0.25, -0.2) is 0 Å². The fraction of sp³-hybridized carbons (Fsp3) is 0.556. The second-order valence-electron chi connectivity index (χ2n) is 6.96. The van der Waals surface area contributed by atoms with Crippen LogP contribution in [-0.2, 0) is 0 Å². The van der Waals surface area contributed by atoms with Crippen molar-refractivity contribution < 1.29 is 4.74 Å². The molecule has 0 aliphatic heterocycles. The van der Waals surface area contributed by atoms with Crippen molar-refractivity contribution in [3.63, 3.8) is 0 Å². The van der Waals surface area contributed by atoms with Crippen LogP contribution in [0.5, 0.6) is 5.75 Å². The van der Waals surface area contributed by atoms with Gasteiger partial charge in [-0.1, -0.05) is 41.5 Å². The number of fused-ring (bicyclic) bond motifs is 1. The van der Waals surface area contributed by atoms with Crippen molar-refractivity contribution in [2.75, 3.05) is 7.11 Å². The Hall–Kier alpha value is -1.22. The number of nitrogens with zero attached hydrogens (tertiary/aromatic N) is 1. The molecular formula is C18H29NOSi. The number of benzene rings is 1. The van der Waals surface area contributed by atoms with Gasteiger partial charge in [0.05, 0.1) is 7.11 Å². The van der Waals surface area contributed by atoms with Crippen LogP contribution in [0, 0.1) is 0 Å². The predicted molar refractivity (Wildman–Crippen MR) is 94.9 cm³/mol. The summed E-state index contributed by atoms with van der Waals surface area (Å²) in [5.41, 5.74) is 3.47. The highest BCUT2D eigenvalue weighted by Gasteiger charge is 2.45. The van der Waals surface area contributed by atoms with E-state index >= 15 is 0 Å². The van der Waals surface area contributed by atoms with Crippen LogP contribution in [0.4, 0.5) is 0 Å². The Morgan fingerprint density at radius 3 is 1.95 bits per heavy atom. The van der Waals surface area contributed by atoms with Crippen molar-refractivity contribution >= 4 is 19.1 Å². The molecule has 1 heterocycles. The van der Waals surface area contributed by atoms with Crippen LogP contribution in [0.15, 0.2) is 30.5 Å². The summed E-state index contributed by atoms with van der Waals surface area (Å²) >= 11 is 0. The highest BCUT2D eigenvalue weighted by Crippen LogP contribution is 2.44. The van der Waals surface area contributed by atoms with Gasteiger partial charge in [0.25, 0.3) is 0 Å². The van der Waals surface area contributed by atoms with Crippen molar-refractivity contribution in [2.45, 2.75) is 58.2 Å². The van der Waals surface area contributed by atoms with E-state index in [2.05, 4.69) is 76.2 Å². The molecule has 0 aliphatic carbocycles. The molecule has 0 radical (unpaired) electrons. The quantitative estimate of drug-likeness (QED) is 0.649. The van der Waals surface area contributed by atoms with Crippen LogP contribution < -0.4 is 4.74 Å². The first kappa shape index (κ1) is 16.2. The summed E-state index contributed by atoms with van der Waals surface area (Å²) in [5, 5.41) is 1.29. The van der Waals surface area contributed by atoms with E-state index in [4.69, 9.17) is 4.74 Å². The summed E-state index contributed by atoms with van der Waals surface area (Å²) in [6.45, 7) is 14.4. The zero-order chi connectivity index (χ0) is 15.8. The Morgan fingerprint density at radius 2 is 1.48 bits per heavy atom. The van der Waals surface area contributed by atoms with Crippen LogP contribution in [-0.4, -0.2) is 19.6 Å². The molecule has 21 heavy (non-hydrogen) atoms. The van der Waals surface area contributed by atoms with Crippen LogP contribution in [0.1, 0.15) is 41.5 Å². The molecule has 0 unspecified atom stereocenters. The van der Waals surface area contributed by atoms with E-state index in [1.165, 1.54) is 10.9 Å². The van der Waals surface area contributed by atoms with Crippen molar-refractivity contribution in [3.05, 3.63) is 30.5 Å². The maximum absolute atomic E-state index is 5.36. The molecule has 116 valence electrons. The van der Waals surface area contributed by atoms with E-state index in [0.29, 0.717) is 16.6 Å². The molecule has 0 spiro atoms. The lowest BCUT2D eigenvalue weighted by Crippen LogP contribution is -2.51. The third-order valence-electron chi connectivity index (χ3n) is 5.09. The molecule has 0 bridgehead atoms. The Labute approximate surface area is 130 Å². The number of hydrogen-bond acceptors (Lipinski definition) is 1. The molecule has 0 saturated heterocycles. The van der Waals surface area contributed by atoms with Gasteiger partial charge in [-0.2, -0.15) is 0 Å². The Morgan fingerprint density at radius 1 is 0.905 bits per heavy atom. The highest BCUT2D eigenvalue weighted by molar-refractivity contribution is 6.82. The number of methoxy groups -OCH3 is 1. The average Bonchev–Trinajstić information content (AvgIpc) is 2.81. The molecule has 1 aromatic heterocycles. The lowest BCUT2D eigenvalue weighted by molar-refractivity contribution is 0.415. The van der Waals surface area contributed by atoms with Crippen molar-refractivity contribution in [2.24, 2.45) is 0 Å². The molecule has 3 heteroatoms.